The summed E-state index contributed by atoms with van der Waals surface area (Å²) in [4.78, 5) is 11.7. The molecule has 104 valence electrons. The van der Waals surface area contributed by atoms with E-state index >= 15 is 0 Å². The summed E-state index contributed by atoms with van der Waals surface area (Å²) in [5.41, 5.74) is 2.31. The van der Waals surface area contributed by atoms with E-state index in [-0.39, 0.29) is 0 Å². The normalized spacial score (nSPS) is 10.3. The zero-order valence-electron chi connectivity index (χ0n) is 10.8. The van der Waals surface area contributed by atoms with Crippen molar-refractivity contribution in [3.8, 4) is 11.1 Å². The Hall–Kier alpha value is -1.16. The van der Waals surface area contributed by atoms with Gasteiger partial charge in [0.05, 0.1) is 10.0 Å². The predicted octanol–water partition coefficient (Wildman–Crippen LogP) is 5.34. The van der Waals surface area contributed by atoms with Crippen LogP contribution in [-0.4, -0.2) is 12.2 Å². The van der Waals surface area contributed by atoms with E-state index in [1.165, 1.54) is 4.90 Å². The lowest BCUT2D eigenvalue weighted by molar-refractivity contribution is -0.105. The summed E-state index contributed by atoms with van der Waals surface area (Å²) >= 11 is 14.3. The maximum absolute atomic E-state index is 10.5. The molecule has 2 aromatic carbocycles. The number of nitrogens with one attached hydrogen (secondary N) is 1. The van der Waals surface area contributed by atoms with Gasteiger partial charge in [-0.15, -0.1) is 11.8 Å². The van der Waals surface area contributed by atoms with E-state index in [1.54, 1.807) is 23.9 Å². The summed E-state index contributed by atoms with van der Waals surface area (Å²) < 4.78 is 0. The second-order valence-electron chi connectivity index (χ2n) is 4.03. The quantitative estimate of drug-likeness (QED) is 0.593. The summed E-state index contributed by atoms with van der Waals surface area (Å²) in [6, 6.07) is 11.5. The number of anilines is 1. The van der Waals surface area contributed by atoms with Crippen molar-refractivity contribution in [3.63, 3.8) is 0 Å². The molecule has 2 rings (SSSR count). The molecular formula is C15H13Cl2NOS. The van der Waals surface area contributed by atoms with Crippen molar-refractivity contribution in [2.45, 2.75) is 11.8 Å². The Labute approximate surface area is 132 Å². The van der Waals surface area contributed by atoms with Gasteiger partial charge >= 0.3 is 0 Å². The minimum Gasteiger partial charge on any atom is -0.329 e. The molecule has 0 saturated carbocycles. The van der Waals surface area contributed by atoms with Crippen molar-refractivity contribution >= 4 is 47.1 Å². The van der Waals surface area contributed by atoms with E-state index in [0.717, 1.165) is 16.9 Å². The summed E-state index contributed by atoms with van der Waals surface area (Å²) in [7, 11) is 0. The van der Waals surface area contributed by atoms with Crippen LogP contribution in [0.5, 0.6) is 0 Å². The third-order valence-corrected chi connectivity index (χ3v) is 4.21. The summed E-state index contributed by atoms with van der Waals surface area (Å²) in [5.74, 6) is 1.03. The lowest BCUT2D eigenvalue weighted by Gasteiger charge is -2.10. The Balaban J connectivity index is 2.39. The van der Waals surface area contributed by atoms with Gasteiger partial charge in [0.1, 0.15) is 0 Å². The first-order chi connectivity index (χ1) is 9.65. The first-order valence-corrected chi connectivity index (χ1v) is 7.82. The Bertz CT molecular complexity index is 591. The van der Waals surface area contributed by atoms with Crippen molar-refractivity contribution in [1.29, 1.82) is 0 Å². The Kier molecular flexibility index (Phi) is 5.35. The Morgan fingerprint density at radius 3 is 2.25 bits per heavy atom. The molecule has 2 aromatic rings. The fourth-order valence-corrected chi connectivity index (χ4v) is 3.25. The first kappa shape index (κ1) is 15.2. The van der Waals surface area contributed by atoms with E-state index in [4.69, 9.17) is 23.2 Å². The Morgan fingerprint density at radius 1 is 1.15 bits per heavy atom. The number of benzene rings is 2. The van der Waals surface area contributed by atoms with Crippen molar-refractivity contribution < 1.29 is 4.79 Å². The number of hydrogen-bond donors (Lipinski definition) is 1. The highest BCUT2D eigenvalue weighted by Crippen LogP contribution is 2.37. The number of carbonyl (C=O) groups excluding carboxylic acids is 1. The lowest BCUT2D eigenvalue weighted by atomic mass is 10.1. The average Bonchev–Trinajstić information content (AvgIpc) is 2.40. The van der Waals surface area contributed by atoms with Gasteiger partial charge in [-0.05, 0) is 35.6 Å². The van der Waals surface area contributed by atoms with E-state index < -0.39 is 0 Å². The van der Waals surface area contributed by atoms with Crippen LogP contribution < -0.4 is 5.32 Å². The zero-order valence-corrected chi connectivity index (χ0v) is 13.1. The van der Waals surface area contributed by atoms with Crippen LogP contribution in [0.3, 0.4) is 0 Å². The highest BCUT2D eigenvalue weighted by molar-refractivity contribution is 7.99. The van der Waals surface area contributed by atoms with Gasteiger partial charge in [0, 0.05) is 16.1 Å². The van der Waals surface area contributed by atoms with Crippen molar-refractivity contribution in [2.24, 2.45) is 0 Å². The maximum atomic E-state index is 10.5. The lowest BCUT2D eigenvalue weighted by Crippen LogP contribution is -1.94. The molecule has 0 fully saturated rings. The molecular weight excluding hydrogens is 313 g/mol. The smallest absolute Gasteiger partial charge is 0.211 e. The first-order valence-electron chi connectivity index (χ1n) is 6.08. The van der Waals surface area contributed by atoms with Gasteiger partial charge in [0.15, 0.2) is 0 Å². The van der Waals surface area contributed by atoms with Crippen LogP contribution >= 0.6 is 35.0 Å². The van der Waals surface area contributed by atoms with Gasteiger partial charge in [0.25, 0.3) is 0 Å². The van der Waals surface area contributed by atoms with E-state index in [2.05, 4.69) is 12.2 Å². The van der Waals surface area contributed by atoms with Crippen molar-refractivity contribution in [1.82, 2.24) is 0 Å². The molecule has 0 spiro atoms. The summed E-state index contributed by atoms with van der Waals surface area (Å²) in [6.45, 7) is 2.12. The minimum atomic E-state index is 0.512. The topological polar surface area (TPSA) is 29.1 Å². The second kappa shape index (κ2) is 7.02. The van der Waals surface area contributed by atoms with Gasteiger partial charge < -0.3 is 5.32 Å². The van der Waals surface area contributed by atoms with Gasteiger partial charge in [-0.3, -0.25) is 4.79 Å². The third kappa shape index (κ3) is 3.48. The zero-order chi connectivity index (χ0) is 14.5. The van der Waals surface area contributed by atoms with Crippen LogP contribution in [0.15, 0.2) is 41.3 Å². The molecule has 0 aliphatic rings. The fourth-order valence-electron chi connectivity index (χ4n) is 1.88. The summed E-state index contributed by atoms with van der Waals surface area (Å²) in [5, 5.41) is 3.56. The molecule has 0 atom stereocenters. The number of thioether (sulfide) groups is 1. The van der Waals surface area contributed by atoms with Crippen LogP contribution in [-0.2, 0) is 4.79 Å². The molecule has 5 heteroatoms. The van der Waals surface area contributed by atoms with Crippen LogP contribution in [0.25, 0.3) is 11.1 Å². The summed E-state index contributed by atoms with van der Waals surface area (Å²) in [6.07, 6.45) is 0.596. The SMILES string of the molecule is CCSc1ccc(-c2c(Cl)cc(NC=O)cc2Cl)cc1. The number of hydrogen-bond acceptors (Lipinski definition) is 2. The molecule has 1 N–H and O–H groups in total. The van der Waals surface area contributed by atoms with Crippen molar-refractivity contribution in [3.05, 3.63) is 46.4 Å². The van der Waals surface area contributed by atoms with Gasteiger partial charge in [-0.25, -0.2) is 0 Å². The maximum Gasteiger partial charge on any atom is 0.211 e. The van der Waals surface area contributed by atoms with E-state index in [1.807, 2.05) is 24.3 Å². The number of carbonyl (C=O) groups is 1. The van der Waals surface area contributed by atoms with Gasteiger partial charge in [-0.1, -0.05) is 42.3 Å². The molecule has 0 radical (unpaired) electrons. The van der Waals surface area contributed by atoms with Gasteiger partial charge in [-0.2, -0.15) is 0 Å². The molecule has 2 nitrogen and oxygen atoms in total. The monoisotopic (exact) mass is 325 g/mol. The van der Waals surface area contributed by atoms with Crippen molar-refractivity contribution in [2.75, 3.05) is 11.1 Å². The largest absolute Gasteiger partial charge is 0.329 e. The Morgan fingerprint density at radius 2 is 1.75 bits per heavy atom. The molecule has 0 bridgehead atoms. The fraction of sp³-hybridized carbons (Fsp3) is 0.133. The highest BCUT2D eigenvalue weighted by atomic mass is 35.5. The van der Waals surface area contributed by atoms with Gasteiger partial charge in [0.2, 0.25) is 6.41 Å². The third-order valence-electron chi connectivity index (χ3n) is 2.72. The molecule has 0 aliphatic heterocycles. The number of amides is 1. The highest BCUT2D eigenvalue weighted by Gasteiger charge is 2.10. The standard InChI is InChI=1S/C15H13Cl2NOS/c1-2-20-12-5-3-10(4-6-12)15-13(16)7-11(18-9-19)8-14(15)17/h3-9H,2H2,1H3,(H,18,19). The molecule has 1 amide bonds. The molecule has 0 saturated heterocycles. The molecule has 0 aliphatic carbocycles. The van der Waals surface area contributed by atoms with Crippen LogP contribution in [0, 0.1) is 0 Å². The average molecular weight is 326 g/mol. The number of halogens is 2. The van der Waals surface area contributed by atoms with E-state index in [0.29, 0.717) is 22.1 Å². The molecule has 0 aromatic heterocycles. The second-order valence-corrected chi connectivity index (χ2v) is 6.19. The van der Waals surface area contributed by atoms with E-state index in [9.17, 15) is 4.79 Å². The number of rotatable bonds is 5. The predicted molar refractivity (Wildman–Crippen MR) is 88.0 cm³/mol. The molecule has 20 heavy (non-hydrogen) atoms. The van der Waals surface area contributed by atoms with Crippen LogP contribution in [0.2, 0.25) is 10.0 Å². The van der Waals surface area contributed by atoms with Crippen LogP contribution in [0.1, 0.15) is 6.92 Å². The molecule has 0 heterocycles. The minimum absolute atomic E-state index is 0.512. The van der Waals surface area contributed by atoms with Crippen LogP contribution in [0.4, 0.5) is 5.69 Å². The molecule has 0 unspecified atom stereocenters.